The molecule has 0 N–H and O–H groups in total. The van der Waals surface area contributed by atoms with Gasteiger partial charge in [-0.25, -0.2) is 0 Å². The Bertz CT molecular complexity index is 590. The first-order valence-corrected chi connectivity index (χ1v) is 5.92. The molecule has 2 nitrogen and oxygen atoms in total. The van der Waals surface area contributed by atoms with Crippen LogP contribution in [-0.2, 0) is 9.59 Å². The molecule has 1 aromatic carbocycles. The summed E-state index contributed by atoms with van der Waals surface area (Å²) in [5.41, 5.74) is 1.11. The first-order chi connectivity index (χ1) is 8.54. The fraction of sp³-hybridized carbons (Fsp3) is 0. The smallest absolute Gasteiger partial charge is 0.186 e. The minimum Gasteiger partial charge on any atom is -0.290 e. The van der Waals surface area contributed by atoms with Crippen LogP contribution in [0.3, 0.4) is 0 Å². The van der Waals surface area contributed by atoms with Crippen LogP contribution in [0.5, 0.6) is 0 Å². The van der Waals surface area contributed by atoms with E-state index in [2.05, 4.69) is 0 Å². The fourth-order valence-electron chi connectivity index (χ4n) is 1.51. The lowest BCUT2D eigenvalue weighted by molar-refractivity contribution is -0.114. The Balaban J connectivity index is 2.25. The Labute approximate surface area is 114 Å². The van der Waals surface area contributed by atoms with E-state index in [0.29, 0.717) is 15.6 Å². The number of hydrogen-bond acceptors (Lipinski definition) is 2. The number of allylic oxidation sites excluding steroid dienone is 5. The summed E-state index contributed by atoms with van der Waals surface area (Å²) >= 11 is 11.7. The van der Waals surface area contributed by atoms with E-state index in [1.807, 2.05) is 0 Å². The third-order valence-electron chi connectivity index (χ3n) is 2.32. The molecule has 0 bridgehead atoms. The maximum Gasteiger partial charge on any atom is 0.186 e. The van der Waals surface area contributed by atoms with Crippen LogP contribution in [0.4, 0.5) is 0 Å². The maximum atomic E-state index is 11.5. The lowest BCUT2D eigenvalue weighted by atomic mass is 10.0. The first-order valence-electron chi connectivity index (χ1n) is 5.17. The van der Waals surface area contributed by atoms with Crippen LogP contribution in [0, 0.1) is 0 Å². The number of carbonyl (C=O) groups is 2. The van der Waals surface area contributed by atoms with Gasteiger partial charge in [-0.1, -0.05) is 35.4 Å². The molecule has 1 aromatic rings. The number of benzene rings is 1. The normalized spacial score (nSPS) is 15.3. The Morgan fingerprint density at radius 2 is 1.56 bits per heavy atom. The second kappa shape index (κ2) is 5.34. The summed E-state index contributed by atoms with van der Waals surface area (Å²) in [5, 5.41) is 1.03. The van der Waals surface area contributed by atoms with E-state index in [-0.39, 0.29) is 11.6 Å². The van der Waals surface area contributed by atoms with Crippen molar-refractivity contribution in [2.45, 2.75) is 0 Å². The zero-order valence-corrected chi connectivity index (χ0v) is 10.7. The highest BCUT2D eigenvalue weighted by molar-refractivity contribution is 6.34. The highest BCUT2D eigenvalue weighted by Crippen LogP contribution is 2.20. The minimum absolute atomic E-state index is 0.195. The Morgan fingerprint density at radius 3 is 2.22 bits per heavy atom. The van der Waals surface area contributed by atoms with Crippen molar-refractivity contribution in [2.75, 3.05) is 0 Å². The van der Waals surface area contributed by atoms with Crippen LogP contribution >= 0.6 is 23.2 Å². The van der Waals surface area contributed by atoms with Crippen LogP contribution in [-0.4, -0.2) is 11.6 Å². The average molecular weight is 279 g/mol. The van der Waals surface area contributed by atoms with E-state index in [4.69, 9.17) is 23.2 Å². The van der Waals surface area contributed by atoms with Gasteiger partial charge in [0.1, 0.15) is 0 Å². The van der Waals surface area contributed by atoms with Crippen molar-refractivity contribution in [3.05, 3.63) is 63.7 Å². The van der Waals surface area contributed by atoms with Crippen LogP contribution in [0.2, 0.25) is 10.0 Å². The van der Waals surface area contributed by atoms with Gasteiger partial charge in [0.25, 0.3) is 0 Å². The number of halogens is 2. The van der Waals surface area contributed by atoms with Gasteiger partial charge in [-0.3, -0.25) is 9.59 Å². The van der Waals surface area contributed by atoms with Gasteiger partial charge in [0.05, 0.1) is 0 Å². The average Bonchev–Trinajstić information content (AvgIpc) is 2.29. The summed E-state index contributed by atoms with van der Waals surface area (Å²) in [5.74, 6) is -0.391. The Hall–Kier alpha value is -1.64. The zero-order chi connectivity index (χ0) is 13.1. The van der Waals surface area contributed by atoms with Gasteiger partial charge < -0.3 is 0 Å². The number of ketones is 2. The molecular formula is C14H8Cl2O2. The highest BCUT2D eigenvalue weighted by atomic mass is 35.5. The lowest BCUT2D eigenvalue weighted by Gasteiger charge is -2.01. The van der Waals surface area contributed by atoms with Gasteiger partial charge in [0, 0.05) is 15.6 Å². The van der Waals surface area contributed by atoms with Crippen LogP contribution in [0.25, 0.3) is 6.08 Å². The van der Waals surface area contributed by atoms with Gasteiger partial charge in [-0.15, -0.1) is 0 Å². The molecule has 4 heteroatoms. The third kappa shape index (κ3) is 3.19. The van der Waals surface area contributed by atoms with Crippen molar-refractivity contribution in [1.29, 1.82) is 0 Å². The molecule has 0 saturated heterocycles. The SMILES string of the molecule is O=C1C=CC(=O)C(/C=C/c2cc(Cl)cc(Cl)c2)=C1. The highest BCUT2D eigenvalue weighted by Gasteiger charge is 2.09. The standard InChI is InChI=1S/C14H8Cl2O2/c15-11-5-9(6-12(16)8-11)1-2-10-7-13(17)3-4-14(10)18/h1-8H/b2-1+. The van der Waals surface area contributed by atoms with Gasteiger partial charge in [-0.2, -0.15) is 0 Å². The molecule has 90 valence electrons. The molecule has 1 aliphatic carbocycles. The van der Waals surface area contributed by atoms with Gasteiger partial charge in [-0.05, 0) is 42.0 Å². The Morgan fingerprint density at radius 1 is 0.889 bits per heavy atom. The molecule has 0 saturated carbocycles. The maximum absolute atomic E-state index is 11.5. The van der Waals surface area contributed by atoms with E-state index in [1.165, 1.54) is 18.2 Å². The minimum atomic E-state index is -0.196. The van der Waals surface area contributed by atoms with Crippen LogP contribution in [0.1, 0.15) is 5.56 Å². The molecular weight excluding hydrogens is 271 g/mol. The molecule has 0 spiro atoms. The summed E-state index contributed by atoms with van der Waals surface area (Å²) in [6, 6.07) is 5.06. The van der Waals surface area contributed by atoms with Crippen molar-refractivity contribution in [3.8, 4) is 0 Å². The largest absolute Gasteiger partial charge is 0.290 e. The quantitative estimate of drug-likeness (QED) is 0.774. The molecule has 0 atom stereocenters. The second-order valence-electron chi connectivity index (χ2n) is 3.74. The van der Waals surface area contributed by atoms with Crippen LogP contribution in [0.15, 0.2) is 48.1 Å². The van der Waals surface area contributed by atoms with Gasteiger partial charge >= 0.3 is 0 Å². The number of rotatable bonds is 2. The second-order valence-corrected chi connectivity index (χ2v) is 4.61. The number of carbonyl (C=O) groups excluding carboxylic acids is 2. The molecule has 0 radical (unpaired) electrons. The summed E-state index contributed by atoms with van der Waals surface area (Å²) < 4.78 is 0. The monoisotopic (exact) mass is 278 g/mol. The molecule has 1 aliphatic rings. The molecule has 0 aromatic heterocycles. The first kappa shape index (κ1) is 12.8. The molecule has 18 heavy (non-hydrogen) atoms. The van der Waals surface area contributed by atoms with E-state index in [9.17, 15) is 9.59 Å². The van der Waals surface area contributed by atoms with Crippen LogP contribution < -0.4 is 0 Å². The zero-order valence-electron chi connectivity index (χ0n) is 9.19. The van der Waals surface area contributed by atoms with Crippen molar-refractivity contribution in [2.24, 2.45) is 0 Å². The lowest BCUT2D eigenvalue weighted by Crippen LogP contribution is -2.05. The molecule has 0 unspecified atom stereocenters. The van der Waals surface area contributed by atoms with Crippen molar-refractivity contribution < 1.29 is 9.59 Å². The summed E-state index contributed by atoms with van der Waals surface area (Å²) in [6.07, 6.45) is 7.06. The molecule has 0 aliphatic heterocycles. The van der Waals surface area contributed by atoms with E-state index >= 15 is 0 Å². The number of hydrogen-bond donors (Lipinski definition) is 0. The molecule has 2 rings (SSSR count). The fourth-order valence-corrected chi connectivity index (χ4v) is 2.06. The van der Waals surface area contributed by atoms with Crippen molar-refractivity contribution >= 4 is 40.8 Å². The van der Waals surface area contributed by atoms with E-state index in [1.54, 1.807) is 30.4 Å². The van der Waals surface area contributed by atoms with E-state index in [0.717, 1.165) is 5.56 Å². The predicted molar refractivity (Wildman–Crippen MR) is 72.7 cm³/mol. The van der Waals surface area contributed by atoms with Gasteiger partial charge in [0.15, 0.2) is 11.6 Å². The summed E-state index contributed by atoms with van der Waals surface area (Å²) in [7, 11) is 0. The van der Waals surface area contributed by atoms with Gasteiger partial charge in [0.2, 0.25) is 0 Å². The third-order valence-corrected chi connectivity index (χ3v) is 2.76. The predicted octanol–water partition coefficient (Wildman–Crippen LogP) is 3.64. The van der Waals surface area contributed by atoms with E-state index < -0.39 is 0 Å². The molecule has 0 amide bonds. The summed E-state index contributed by atoms with van der Waals surface area (Å²) in [6.45, 7) is 0. The van der Waals surface area contributed by atoms with Crippen molar-refractivity contribution in [3.63, 3.8) is 0 Å². The Kier molecular flexibility index (Phi) is 3.80. The van der Waals surface area contributed by atoms with Crippen molar-refractivity contribution in [1.82, 2.24) is 0 Å². The molecule has 0 fully saturated rings. The summed E-state index contributed by atoms with van der Waals surface area (Å²) in [4.78, 5) is 22.6. The molecule has 0 heterocycles. The topological polar surface area (TPSA) is 34.1 Å².